The Morgan fingerprint density at radius 1 is 1.35 bits per heavy atom. The Hall–Kier alpha value is -2.99. The largest absolute Gasteiger partial charge is 0.487 e. The normalized spacial score (nSPS) is 17.1. The number of anilines is 2. The summed E-state index contributed by atoms with van der Waals surface area (Å²) in [7, 11) is 0. The third-order valence-electron chi connectivity index (χ3n) is 5.61. The Bertz CT molecular complexity index is 1200. The quantitative estimate of drug-likeness (QED) is 0.457. The number of amides is 1. The smallest absolute Gasteiger partial charge is 0.390 e. The highest BCUT2D eigenvalue weighted by Crippen LogP contribution is 2.37. The van der Waals surface area contributed by atoms with Crippen molar-refractivity contribution < 1.29 is 27.1 Å². The fourth-order valence-corrected chi connectivity index (χ4v) is 5.00. The standard InChI is InChI=1S/C22H23F4N5O2S/c1-12-17-20(28-11-29-21(17)34-18(12)19(27)32)30-15-5-4-13(23)9-16(15)33-14-3-2-7-31(10-14)8-6-22(24,25)26/h4-5,9,11,14H,2-3,6-8,10H2,1H3,(H2,27,32)(H,28,29,30). The lowest BCUT2D eigenvalue weighted by molar-refractivity contribution is -0.139. The summed E-state index contributed by atoms with van der Waals surface area (Å²) in [6.07, 6.45) is -2.83. The number of hydrogen-bond acceptors (Lipinski definition) is 7. The van der Waals surface area contributed by atoms with E-state index in [0.29, 0.717) is 58.1 Å². The zero-order valence-electron chi connectivity index (χ0n) is 18.3. The monoisotopic (exact) mass is 497 g/mol. The highest BCUT2D eigenvalue weighted by Gasteiger charge is 2.30. The molecular formula is C22H23F4N5O2S. The van der Waals surface area contributed by atoms with Crippen LogP contribution in [0.3, 0.4) is 0 Å². The predicted octanol–water partition coefficient (Wildman–Crippen LogP) is 4.78. The number of carbonyl (C=O) groups excluding carboxylic acids is 1. The number of nitrogens with one attached hydrogen (secondary N) is 1. The molecule has 0 aliphatic carbocycles. The Balaban J connectivity index is 1.56. The minimum Gasteiger partial charge on any atom is -0.487 e. The van der Waals surface area contributed by atoms with Gasteiger partial charge in [-0.2, -0.15) is 13.2 Å². The van der Waals surface area contributed by atoms with Gasteiger partial charge in [0.25, 0.3) is 5.91 Å². The topological polar surface area (TPSA) is 93.4 Å². The number of ether oxygens (including phenoxy) is 1. The number of benzene rings is 1. The average Bonchev–Trinajstić information content (AvgIpc) is 3.12. The fourth-order valence-electron chi connectivity index (χ4n) is 4.00. The summed E-state index contributed by atoms with van der Waals surface area (Å²) in [5.41, 5.74) is 6.52. The first-order valence-electron chi connectivity index (χ1n) is 10.7. The van der Waals surface area contributed by atoms with Crippen molar-refractivity contribution in [3.8, 4) is 5.75 Å². The molecule has 1 aliphatic heterocycles. The van der Waals surface area contributed by atoms with Crippen LogP contribution in [0.15, 0.2) is 24.5 Å². The van der Waals surface area contributed by atoms with Gasteiger partial charge in [-0.05, 0) is 44.0 Å². The Morgan fingerprint density at radius 3 is 2.88 bits per heavy atom. The molecule has 0 bridgehead atoms. The molecule has 3 aromatic rings. The molecule has 34 heavy (non-hydrogen) atoms. The molecule has 2 aromatic heterocycles. The lowest BCUT2D eigenvalue weighted by Gasteiger charge is -2.33. The summed E-state index contributed by atoms with van der Waals surface area (Å²) in [5.74, 6) is -0.457. The van der Waals surface area contributed by atoms with Crippen LogP contribution in [0.25, 0.3) is 10.2 Å². The van der Waals surface area contributed by atoms with E-state index >= 15 is 0 Å². The minimum absolute atomic E-state index is 0.101. The van der Waals surface area contributed by atoms with Gasteiger partial charge in [0.1, 0.15) is 34.6 Å². The van der Waals surface area contributed by atoms with E-state index in [1.165, 1.54) is 24.5 Å². The molecule has 1 aliphatic rings. The molecule has 0 spiro atoms. The first-order chi connectivity index (χ1) is 16.1. The van der Waals surface area contributed by atoms with E-state index in [0.717, 1.165) is 11.3 Å². The van der Waals surface area contributed by atoms with Crippen LogP contribution in [0.1, 0.15) is 34.5 Å². The van der Waals surface area contributed by atoms with Crippen molar-refractivity contribution in [1.82, 2.24) is 14.9 Å². The van der Waals surface area contributed by atoms with Crippen molar-refractivity contribution in [3.05, 3.63) is 40.8 Å². The van der Waals surface area contributed by atoms with Crippen molar-refractivity contribution in [1.29, 1.82) is 0 Å². The number of carbonyl (C=O) groups is 1. The Labute approximate surface area is 196 Å². The zero-order chi connectivity index (χ0) is 24.5. The number of aryl methyl sites for hydroxylation is 1. The number of aromatic nitrogens is 2. The van der Waals surface area contributed by atoms with Gasteiger partial charge in [0, 0.05) is 19.2 Å². The number of piperidine rings is 1. The lowest BCUT2D eigenvalue weighted by Crippen LogP contribution is -2.42. The number of hydrogen-bond donors (Lipinski definition) is 2. The van der Waals surface area contributed by atoms with Crippen LogP contribution in [0.4, 0.5) is 29.1 Å². The number of primary amides is 1. The van der Waals surface area contributed by atoms with Gasteiger partial charge in [0.15, 0.2) is 0 Å². The van der Waals surface area contributed by atoms with Crippen molar-refractivity contribution in [2.75, 3.05) is 25.0 Å². The van der Waals surface area contributed by atoms with Crippen LogP contribution in [0.5, 0.6) is 5.75 Å². The van der Waals surface area contributed by atoms with Crippen LogP contribution in [0, 0.1) is 12.7 Å². The van der Waals surface area contributed by atoms with Crippen LogP contribution in [0.2, 0.25) is 0 Å². The molecule has 1 aromatic carbocycles. The van der Waals surface area contributed by atoms with Crippen molar-refractivity contribution in [3.63, 3.8) is 0 Å². The maximum Gasteiger partial charge on any atom is 0.390 e. The molecule has 1 fully saturated rings. The van der Waals surface area contributed by atoms with Gasteiger partial charge in [-0.15, -0.1) is 11.3 Å². The van der Waals surface area contributed by atoms with Gasteiger partial charge in [-0.1, -0.05) is 0 Å². The lowest BCUT2D eigenvalue weighted by atomic mass is 10.1. The van der Waals surface area contributed by atoms with E-state index < -0.39 is 24.3 Å². The number of alkyl halides is 3. The summed E-state index contributed by atoms with van der Waals surface area (Å²) < 4.78 is 57.9. The van der Waals surface area contributed by atoms with Crippen LogP contribution in [-0.4, -0.2) is 52.7 Å². The van der Waals surface area contributed by atoms with Gasteiger partial charge in [-0.3, -0.25) is 9.69 Å². The second-order valence-corrected chi connectivity index (χ2v) is 9.14. The summed E-state index contributed by atoms with van der Waals surface area (Å²) in [4.78, 5) is 22.9. The molecule has 1 unspecified atom stereocenters. The number of nitrogens with zero attached hydrogens (tertiary/aromatic N) is 3. The van der Waals surface area contributed by atoms with Crippen molar-refractivity contribution in [2.45, 2.75) is 38.5 Å². The van der Waals surface area contributed by atoms with Gasteiger partial charge in [0.2, 0.25) is 0 Å². The van der Waals surface area contributed by atoms with Gasteiger partial charge >= 0.3 is 6.18 Å². The zero-order valence-corrected chi connectivity index (χ0v) is 19.1. The van der Waals surface area contributed by atoms with Crippen molar-refractivity contribution in [2.24, 2.45) is 5.73 Å². The molecular weight excluding hydrogens is 474 g/mol. The molecule has 1 atom stereocenters. The van der Waals surface area contributed by atoms with Gasteiger partial charge in [0.05, 0.1) is 22.4 Å². The van der Waals surface area contributed by atoms with Gasteiger partial charge < -0.3 is 15.8 Å². The molecule has 3 N–H and O–H groups in total. The van der Waals surface area contributed by atoms with E-state index in [1.807, 2.05) is 0 Å². The summed E-state index contributed by atoms with van der Waals surface area (Å²) in [6.45, 7) is 2.52. The first kappa shape index (κ1) is 24.1. The van der Waals surface area contributed by atoms with Crippen LogP contribution in [-0.2, 0) is 0 Å². The highest BCUT2D eigenvalue weighted by molar-refractivity contribution is 7.20. The van der Waals surface area contributed by atoms with Crippen molar-refractivity contribution >= 4 is 39.0 Å². The number of fused-ring (bicyclic) bond motifs is 1. The van der Waals surface area contributed by atoms with E-state index in [1.54, 1.807) is 11.8 Å². The average molecular weight is 498 g/mol. The maximum atomic E-state index is 14.1. The number of likely N-dealkylation sites (tertiary alicyclic amines) is 1. The summed E-state index contributed by atoms with van der Waals surface area (Å²) in [6, 6.07) is 3.99. The number of nitrogens with two attached hydrogens (primary N) is 1. The second-order valence-electron chi connectivity index (χ2n) is 8.14. The third kappa shape index (κ3) is 5.55. The molecule has 7 nitrogen and oxygen atoms in total. The molecule has 182 valence electrons. The molecule has 3 heterocycles. The molecule has 4 rings (SSSR count). The molecule has 12 heteroatoms. The number of halogens is 4. The molecule has 1 saturated heterocycles. The number of rotatable bonds is 7. The predicted molar refractivity (Wildman–Crippen MR) is 121 cm³/mol. The Kier molecular flexibility index (Phi) is 6.89. The van der Waals surface area contributed by atoms with Crippen LogP contribution < -0.4 is 15.8 Å². The summed E-state index contributed by atoms with van der Waals surface area (Å²) in [5, 5.41) is 3.75. The van der Waals surface area contributed by atoms with Crippen LogP contribution >= 0.6 is 11.3 Å². The first-order valence-corrected chi connectivity index (χ1v) is 11.5. The van der Waals surface area contributed by atoms with E-state index in [9.17, 15) is 22.4 Å². The Morgan fingerprint density at radius 2 is 2.15 bits per heavy atom. The van der Waals surface area contributed by atoms with E-state index in [2.05, 4.69) is 15.3 Å². The SMILES string of the molecule is Cc1c(C(N)=O)sc2ncnc(Nc3ccc(F)cc3OC3CCCN(CCC(F)(F)F)C3)c12. The third-order valence-corrected chi connectivity index (χ3v) is 6.83. The maximum absolute atomic E-state index is 14.1. The number of thiophene rings is 1. The van der Waals surface area contributed by atoms with Gasteiger partial charge in [-0.25, -0.2) is 14.4 Å². The molecule has 1 amide bonds. The summed E-state index contributed by atoms with van der Waals surface area (Å²) >= 11 is 1.16. The fraction of sp³-hybridized carbons (Fsp3) is 0.409. The van der Waals surface area contributed by atoms with E-state index in [4.69, 9.17) is 10.5 Å². The van der Waals surface area contributed by atoms with E-state index in [-0.39, 0.29) is 18.4 Å². The second kappa shape index (κ2) is 9.71. The molecule has 0 radical (unpaired) electrons. The molecule has 0 saturated carbocycles. The minimum atomic E-state index is -4.22. The highest BCUT2D eigenvalue weighted by atomic mass is 32.1.